The predicted octanol–water partition coefficient (Wildman–Crippen LogP) is 2.98. The summed E-state index contributed by atoms with van der Waals surface area (Å²) in [7, 11) is 0. The van der Waals surface area contributed by atoms with Gasteiger partial charge in [-0.2, -0.15) is 0 Å². The molecule has 2 aromatic heterocycles. The van der Waals surface area contributed by atoms with E-state index in [2.05, 4.69) is 41.0 Å². The molecule has 0 aromatic carbocycles. The summed E-state index contributed by atoms with van der Waals surface area (Å²) < 4.78 is 0. The van der Waals surface area contributed by atoms with Crippen molar-refractivity contribution in [2.45, 2.75) is 46.6 Å². The number of nitrogens with zero attached hydrogens (tertiary/aromatic N) is 3. The summed E-state index contributed by atoms with van der Waals surface area (Å²) >= 11 is 0. The summed E-state index contributed by atoms with van der Waals surface area (Å²) in [5.41, 5.74) is 9.11. The van der Waals surface area contributed by atoms with Gasteiger partial charge in [-0.3, -0.25) is 4.98 Å². The van der Waals surface area contributed by atoms with Gasteiger partial charge >= 0.3 is 0 Å². The van der Waals surface area contributed by atoms with Gasteiger partial charge < -0.3 is 11.1 Å². The molecule has 3 N–H and O–H groups in total. The van der Waals surface area contributed by atoms with Crippen LogP contribution in [0.5, 0.6) is 0 Å². The maximum atomic E-state index is 6.02. The van der Waals surface area contributed by atoms with Crippen LogP contribution in [0.2, 0.25) is 0 Å². The van der Waals surface area contributed by atoms with E-state index < -0.39 is 0 Å². The van der Waals surface area contributed by atoms with Crippen LogP contribution < -0.4 is 11.1 Å². The van der Waals surface area contributed by atoms with E-state index in [9.17, 15) is 0 Å². The van der Waals surface area contributed by atoms with Crippen molar-refractivity contribution < 1.29 is 0 Å². The summed E-state index contributed by atoms with van der Waals surface area (Å²) in [5, 5.41) is 3.36. The molecule has 0 fully saturated rings. The van der Waals surface area contributed by atoms with Gasteiger partial charge in [-0.1, -0.05) is 20.8 Å². The second kappa shape index (κ2) is 5.68. The van der Waals surface area contributed by atoms with E-state index >= 15 is 0 Å². The molecular formula is C16H23N5. The third kappa shape index (κ3) is 3.48. The molecule has 0 unspecified atom stereocenters. The van der Waals surface area contributed by atoms with Crippen molar-refractivity contribution in [1.82, 2.24) is 15.0 Å². The SMILES string of the molecule is Cc1cnccc1CNc1nc(C(C)(C)C)nc(N)c1C. The average molecular weight is 285 g/mol. The number of pyridine rings is 1. The van der Waals surface area contributed by atoms with Crippen LogP contribution in [-0.4, -0.2) is 15.0 Å². The molecule has 2 aromatic rings. The van der Waals surface area contributed by atoms with E-state index in [0.717, 1.165) is 22.8 Å². The zero-order valence-electron chi connectivity index (χ0n) is 13.4. The summed E-state index contributed by atoms with van der Waals surface area (Å²) in [6.07, 6.45) is 3.66. The predicted molar refractivity (Wildman–Crippen MR) is 86.2 cm³/mol. The van der Waals surface area contributed by atoms with Crippen molar-refractivity contribution >= 4 is 11.6 Å². The minimum absolute atomic E-state index is 0.134. The lowest BCUT2D eigenvalue weighted by molar-refractivity contribution is 0.546. The molecule has 0 aliphatic heterocycles. The molecule has 0 atom stereocenters. The highest BCUT2D eigenvalue weighted by Gasteiger charge is 2.20. The van der Waals surface area contributed by atoms with Crippen LogP contribution in [0.4, 0.5) is 11.6 Å². The van der Waals surface area contributed by atoms with Crippen LogP contribution in [-0.2, 0) is 12.0 Å². The van der Waals surface area contributed by atoms with Crippen molar-refractivity contribution in [3.05, 3.63) is 41.0 Å². The first-order chi connectivity index (χ1) is 9.79. The molecule has 2 heterocycles. The fraction of sp³-hybridized carbons (Fsp3) is 0.438. The van der Waals surface area contributed by atoms with Crippen LogP contribution in [0.25, 0.3) is 0 Å². The van der Waals surface area contributed by atoms with Crippen LogP contribution in [0.3, 0.4) is 0 Å². The third-order valence-corrected chi connectivity index (χ3v) is 3.44. The van der Waals surface area contributed by atoms with Crippen LogP contribution in [0, 0.1) is 13.8 Å². The number of nitrogens with two attached hydrogens (primary N) is 1. The Morgan fingerprint density at radius 3 is 2.52 bits per heavy atom. The maximum Gasteiger partial charge on any atom is 0.138 e. The van der Waals surface area contributed by atoms with Crippen molar-refractivity contribution in [3.8, 4) is 0 Å². The zero-order valence-corrected chi connectivity index (χ0v) is 13.4. The van der Waals surface area contributed by atoms with E-state index in [-0.39, 0.29) is 5.41 Å². The molecule has 0 saturated carbocycles. The highest BCUT2D eigenvalue weighted by Crippen LogP contribution is 2.25. The van der Waals surface area contributed by atoms with Gasteiger partial charge in [-0.05, 0) is 31.0 Å². The van der Waals surface area contributed by atoms with Gasteiger partial charge in [0.15, 0.2) is 0 Å². The smallest absolute Gasteiger partial charge is 0.138 e. The largest absolute Gasteiger partial charge is 0.383 e. The lowest BCUT2D eigenvalue weighted by Gasteiger charge is -2.20. The number of nitrogens with one attached hydrogen (secondary N) is 1. The highest BCUT2D eigenvalue weighted by atomic mass is 15.1. The standard InChI is InChI=1S/C16H23N5/c1-10-8-18-7-6-12(10)9-19-14-11(2)13(17)20-15(21-14)16(3,4)5/h6-8H,9H2,1-5H3,(H3,17,19,20,21). The Morgan fingerprint density at radius 1 is 1.19 bits per heavy atom. The van der Waals surface area contributed by atoms with Gasteiger partial charge in [-0.15, -0.1) is 0 Å². The van der Waals surface area contributed by atoms with E-state index in [1.807, 2.05) is 26.1 Å². The number of aromatic nitrogens is 3. The van der Waals surface area contributed by atoms with Gasteiger partial charge in [0.1, 0.15) is 17.5 Å². The minimum atomic E-state index is -0.134. The normalized spacial score (nSPS) is 11.5. The first-order valence-electron chi connectivity index (χ1n) is 7.07. The fourth-order valence-electron chi connectivity index (χ4n) is 1.92. The molecule has 5 nitrogen and oxygen atoms in total. The summed E-state index contributed by atoms with van der Waals surface area (Å²) in [6, 6.07) is 2.01. The summed E-state index contributed by atoms with van der Waals surface area (Å²) in [6.45, 7) is 10.9. The quantitative estimate of drug-likeness (QED) is 0.906. The molecule has 0 bridgehead atoms. The number of nitrogen functional groups attached to an aromatic ring is 1. The van der Waals surface area contributed by atoms with Gasteiger partial charge in [0.25, 0.3) is 0 Å². The van der Waals surface area contributed by atoms with E-state index in [1.54, 1.807) is 6.20 Å². The average Bonchev–Trinajstić information content (AvgIpc) is 2.40. The molecule has 0 radical (unpaired) electrons. The van der Waals surface area contributed by atoms with Crippen LogP contribution in [0.1, 0.15) is 43.3 Å². The molecule has 5 heteroatoms. The lowest BCUT2D eigenvalue weighted by Crippen LogP contribution is -2.19. The topological polar surface area (TPSA) is 76.7 Å². The number of hydrogen-bond acceptors (Lipinski definition) is 5. The molecule has 2 rings (SSSR count). The van der Waals surface area contributed by atoms with Crippen molar-refractivity contribution in [2.24, 2.45) is 0 Å². The monoisotopic (exact) mass is 285 g/mol. The highest BCUT2D eigenvalue weighted by molar-refractivity contribution is 5.55. The first-order valence-corrected chi connectivity index (χ1v) is 7.07. The fourth-order valence-corrected chi connectivity index (χ4v) is 1.92. The van der Waals surface area contributed by atoms with E-state index in [0.29, 0.717) is 12.4 Å². The van der Waals surface area contributed by atoms with Crippen molar-refractivity contribution in [3.63, 3.8) is 0 Å². The molecule has 0 aliphatic carbocycles. The van der Waals surface area contributed by atoms with Gasteiger partial charge in [0.05, 0.1) is 0 Å². The molecular weight excluding hydrogens is 262 g/mol. The molecule has 0 aliphatic rings. The van der Waals surface area contributed by atoms with Crippen molar-refractivity contribution in [1.29, 1.82) is 0 Å². The number of aryl methyl sites for hydroxylation is 1. The van der Waals surface area contributed by atoms with E-state index in [4.69, 9.17) is 5.73 Å². The van der Waals surface area contributed by atoms with Gasteiger partial charge in [-0.25, -0.2) is 9.97 Å². The van der Waals surface area contributed by atoms with Crippen LogP contribution >= 0.6 is 0 Å². The Balaban J connectivity index is 2.28. The number of anilines is 2. The first kappa shape index (κ1) is 15.2. The summed E-state index contributed by atoms with van der Waals surface area (Å²) in [4.78, 5) is 13.1. The van der Waals surface area contributed by atoms with Crippen molar-refractivity contribution in [2.75, 3.05) is 11.1 Å². The second-order valence-corrected chi connectivity index (χ2v) is 6.31. The Morgan fingerprint density at radius 2 is 1.90 bits per heavy atom. The second-order valence-electron chi connectivity index (χ2n) is 6.31. The Hall–Kier alpha value is -2.17. The molecule has 21 heavy (non-hydrogen) atoms. The van der Waals surface area contributed by atoms with Crippen LogP contribution in [0.15, 0.2) is 18.5 Å². The minimum Gasteiger partial charge on any atom is -0.383 e. The Labute approximate surface area is 126 Å². The van der Waals surface area contributed by atoms with E-state index in [1.165, 1.54) is 5.56 Å². The number of rotatable bonds is 3. The molecule has 0 spiro atoms. The maximum absolute atomic E-state index is 6.02. The van der Waals surface area contributed by atoms with Gasteiger partial charge in [0.2, 0.25) is 0 Å². The van der Waals surface area contributed by atoms with Gasteiger partial charge in [0, 0.05) is 29.9 Å². The molecule has 0 amide bonds. The Kier molecular flexibility index (Phi) is 4.11. The third-order valence-electron chi connectivity index (χ3n) is 3.44. The molecule has 112 valence electrons. The summed E-state index contributed by atoms with van der Waals surface area (Å²) in [5.74, 6) is 2.08. The zero-order chi connectivity index (χ0) is 15.6. The molecule has 0 saturated heterocycles. The Bertz CT molecular complexity index is 644. The lowest BCUT2D eigenvalue weighted by atomic mass is 9.95. The number of hydrogen-bond donors (Lipinski definition) is 2.